The van der Waals surface area contributed by atoms with Crippen LogP contribution in [0.1, 0.15) is 69.3 Å². The minimum Gasteiger partial charge on any atom is -0.452 e. The minimum atomic E-state index is -1.01. The normalized spacial score (nSPS) is 22.8. The van der Waals surface area contributed by atoms with Gasteiger partial charge in [-0.2, -0.15) is 5.01 Å². The molecule has 0 aromatic heterocycles. The standard InChI is InChI=1S/C22H28N4O7/c1-13-7-9-22(10-8-13)19(29)25(20(30)23-22)24-17(27)12-33-18(28)14-5-6-15(21(2,3)4)16(11-14)26(31)32/h5-6,11,13H,7-10,12H2,1-4H3,(H,23,30)(H,24,27). The van der Waals surface area contributed by atoms with Crippen LogP contribution < -0.4 is 10.7 Å². The third kappa shape index (κ3) is 4.96. The number of hydrogen-bond acceptors (Lipinski definition) is 7. The number of nitro groups is 1. The van der Waals surface area contributed by atoms with Crippen LogP contribution in [0.15, 0.2) is 18.2 Å². The van der Waals surface area contributed by atoms with Gasteiger partial charge >= 0.3 is 12.0 Å². The zero-order valence-electron chi connectivity index (χ0n) is 19.1. The number of benzene rings is 1. The molecule has 4 amide bonds. The van der Waals surface area contributed by atoms with Gasteiger partial charge in [0.05, 0.1) is 10.5 Å². The van der Waals surface area contributed by atoms with Crippen LogP contribution in [0.2, 0.25) is 0 Å². The highest BCUT2D eigenvalue weighted by molar-refractivity contribution is 6.08. The van der Waals surface area contributed by atoms with Crippen molar-refractivity contribution in [3.8, 4) is 0 Å². The number of carbonyl (C=O) groups is 4. The summed E-state index contributed by atoms with van der Waals surface area (Å²) in [4.78, 5) is 60.4. The highest BCUT2D eigenvalue weighted by Crippen LogP contribution is 2.36. The van der Waals surface area contributed by atoms with Crippen molar-refractivity contribution in [3.63, 3.8) is 0 Å². The number of nitrogens with zero attached hydrogens (tertiary/aromatic N) is 2. The van der Waals surface area contributed by atoms with Gasteiger partial charge in [0.1, 0.15) is 5.54 Å². The van der Waals surface area contributed by atoms with Crippen molar-refractivity contribution < 1.29 is 28.8 Å². The van der Waals surface area contributed by atoms with Crippen molar-refractivity contribution in [2.75, 3.05) is 6.61 Å². The van der Waals surface area contributed by atoms with E-state index in [0.717, 1.165) is 18.9 Å². The van der Waals surface area contributed by atoms with Crippen LogP contribution in [0.25, 0.3) is 0 Å². The molecule has 1 aliphatic carbocycles. The van der Waals surface area contributed by atoms with Gasteiger partial charge in [0.2, 0.25) is 0 Å². The summed E-state index contributed by atoms with van der Waals surface area (Å²) in [6.45, 7) is 6.74. The summed E-state index contributed by atoms with van der Waals surface area (Å²) in [5.41, 5.74) is 0.780. The zero-order chi connectivity index (χ0) is 24.6. The fourth-order valence-electron chi connectivity index (χ4n) is 4.13. The molecule has 2 N–H and O–H groups in total. The van der Waals surface area contributed by atoms with E-state index in [1.165, 1.54) is 12.1 Å². The Kier molecular flexibility index (Phi) is 6.44. The Labute approximate surface area is 191 Å². The van der Waals surface area contributed by atoms with Crippen molar-refractivity contribution >= 4 is 29.5 Å². The topological polar surface area (TPSA) is 148 Å². The highest BCUT2D eigenvalue weighted by atomic mass is 16.6. The van der Waals surface area contributed by atoms with Crippen LogP contribution in [0, 0.1) is 16.0 Å². The van der Waals surface area contributed by atoms with Gasteiger partial charge in [0, 0.05) is 11.6 Å². The maximum Gasteiger partial charge on any atom is 0.344 e. The number of nitro benzene ring substituents is 1. The van der Waals surface area contributed by atoms with E-state index in [9.17, 15) is 29.3 Å². The molecule has 2 fully saturated rings. The minimum absolute atomic E-state index is 0.0900. The Morgan fingerprint density at radius 1 is 1.27 bits per heavy atom. The first-order valence-corrected chi connectivity index (χ1v) is 10.8. The first kappa shape index (κ1) is 24.1. The van der Waals surface area contributed by atoms with Gasteiger partial charge in [0.25, 0.3) is 17.5 Å². The summed E-state index contributed by atoms with van der Waals surface area (Å²) < 4.78 is 4.94. The van der Waals surface area contributed by atoms with E-state index in [1.54, 1.807) is 0 Å². The predicted molar refractivity (Wildman–Crippen MR) is 116 cm³/mol. The smallest absolute Gasteiger partial charge is 0.344 e. The summed E-state index contributed by atoms with van der Waals surface area (Å²) >= 11 is 0. The Balaban J connectivity index is 1.62. The second-order valence-electron chi connectivity index (χ2n) is 9.69. The van der Waals surface area contributed by atoms with Gasteiger partial charge in [-0.1, -0.05) is 33.8 Å². The highest BCUT2D eigenvalue weighted by Gasteiger charge is 2.52. The van der Waals surface area contributed by atoms with Gasteiger partial charge in [-0.15, -0.1) is 0 Å². The lowest BCUT2D eigenvalue weighted by molar-refractivity contribution is -0.386. The Morgan fingerprint density at radius 3 is 2.48 bits per heavy atom. The van der Waals surface area contributed by atoms with Crippen molar-refractivity contribution in [3.05, 3.63) is 39.4 Å². The van der Waals surface area contributed by atoms with Crippen LogP contribution in [0.5, 0.6) is 0 Å². The third-order valence-electron chi connectivity index (χ3n) is 6.10. The molecule has 33 heavy (non-hydrogen) atoms. The first-order chi connectivity index (χ1) is 15.3. The SMILES string of the molecule is CC1CCC2(CC1)NC(=O)N(NC(=O)COC(=O)c1ccc(C(C)(C)C)c([N+](=O)[O-])c1)C2=O. The lowest BCUT2D eigenvalue weighted by atomic mass is 9.77. The molecule has 11 nitrogen and oxygen atoms in total. The Hall–Kier alpha value is -3.50. The molecule has 11 heteroatoms. The molecule has 1 heterocycles. The maximum absolute atomic E-state index is 12.8. The average Bonchev–Trinajstić information content (AvgIpc) is 2.97. The molecular formula is C22H28N4O7. The fraction of sp³-hybridized carbons (Fsp3) is 0.545. The van der Waals surface area contributed by atoms with E-state index in [1.807, 2.05) is 20.8 Å². The molecule has 3 rings (SSSR count). The van der Waals surface area contributed by atoms with Crippen LogP contribution in [-0.4, -0.2) is 45.9 Å². The quantitative estimate of drug-likeness (QED) is 0.297. The van der Waals surface area contributed by atoms with Gasteiger partial charge in [-0.3, -0.25) is 25.1 Å². The van der Waals surface area contributed by atoms with E-state index in [0.29, 0.717) is 29.3 Å². The van der Waals surface area contributed by atoms with Crippen molar-refractivity contribution in [2.45, 2.75) is 64.3 Å². The summed E-state index contributed by atoms with van der Waals surface area (Å²) in [5.74, 6) is -1.90. The fourth-order valence-corrected chi connectivity index (χ4v) is 4.13. The second-order valence-corrected chi connectivity index (χ2v) is 9.69. The van der Waals surface area contributed by atoms with Crippen LogP contribution in [-0.2, 0) is 19.7 Å². The molecule has 1 saturated heterocycles. The number of imide groups is 1. The molecule has 178 valence electrons. The number of carbonyl (C=O) groups excluding carboxylic acids is 4. The largest absolute Gasteiger partial charge is 0.452 e. The van der Waals surface area contributed by atoms with Crippen molar-refractivity contribution in [1.29, 1.82) is 0 Å². The molecule has 2 aliphatic rings. The molecule has 0 bridgehead atoms. The Morgan fingerprint density at radius 2 is 1.91 bits per heavy atom. The van der Waals surface area contributed by atoms with Crippen molar-refractivity contribution in [2.24, 2.45) is 5.92 Å². The lowest BCUT2D eigenvalue weighted by Crippen LogP contribution is -2.52. The average molecular weight is 460 g/mol. The van der Waals surface area contributed by atoms with Gasteiger partial charge in [-0.05, 0) is 43.1 Å². The number of hydrogen-bond donors (Lipinski definition) is 2. The maximum atomic E-state index is 12.8. The Bertz CT molecular complexity index is 1010. The number of ether oxygens (including phenoxy) is 1. The second kappa shape index (κ2) is 8.80. The number of rotatable bonds is 5. The van der Waals surface area contributed by atoms with Gasteiger partial charge < -0.3 is 10.1 Å². The van der Waals surface area contributed by atoms with Gasteiger partial charge in [0.15, 0.2) is 6.61 Å². The number of urea groups is 1. The van der Waals surface area contributed by atoms with Crippen molar-refractivity contribution in [1.82, 2.24) is 15.8 Å². The molecule has 1 saturated carbocycles. The monoisotopic (exact) mass is 460 g/mol. The van der Waals surface area contributed by atoms with Crippen LogP contribution >= 0.6 is 0 Å². The number of hydrazine groups is 1. The number of nitrogens with one attached hydrogen (secondary N) is 2. The summed E-state index contributed by atoms with van der Waals surface area (Å²) in [6.07, 6.45) is 2.55. The molecule has 0 unspecified atom stereocenters. The van der Waals surface area contributed by atoms with Gasteiger partial charge in [-0.25, -0.2) is 9.59 Å². The molecule has 0 atom stereocenters. The lowest BCUT2D eigenvalue weighted by Gasteiger charge is -2.33. The van der Waals surface area contributed by atoms with E-state index < -0.39 is 46.3 Å². The van der Waals surface area contributed by atoms with Crippen LogP contribution in [0.3, 0.4) is 0 Å². The summed E-state index contributed by atoms with van der Waals surface area (Å²) in [7, 11) is 0. The molecular weight excluding hydrogens is 432 g/mol. The van der Waals surface area contributed by atoms with Crippen LogP contribution in [0.4, 0.5) is 10.5 Å². The van der Waals surface area contributed by atoms with E-state index >= 15 is 0 Å². The summed E-state index contributed by atoms with van der Waals surface area (Å²) in [5, 5.41) is 14.7. The first-order valence-electron chi connectivity index (χ1n) is 10.8. The van der Waals surface area contributed by atoms with E-state index in [2.05, 4.69) is 17.7 Å². The zero-order valence-corrected chi connectivity index (χ0v) is 19.1. The molecule has 0 radical (unpaired) electrons. The third-order valence-corrected chi connectivity index (χ3v) is 6.10. The molecule has 1 aromatic rings. The molecule has 1 aliphatic heterocycles. The number of amides is 4. The molecule has 1 spiro atoms. The van der Waals surface area contributed by atoms with E-state index in [-0.39, 0.29) is 11.3 Å². The molecule has 1 aromatic carbocycles. The number of esters is 1. The predicted octanol–water partition coefficient (Wildman–Crippen LogP) is 2.58. The van der Waals surface area contributed by atoms with E-state index in [4.69, 9.17) is 4.74 Å². The summed E-state index contributed by atoms with van der Waals surface area (Å²) in [6, 6.07) is 3.24.